The third-order valence-electron chi connectivity index (χ3n) is 6.77. The van der Waals surface area contributed by atoms with Crippen molar-refractivity contribution in [3.63, 3.8) is 0 Å². The summed E-state index contributed by atoms with van der Waals surface area (Å²) in [5.74, 6) is -0.617. The maximum absolute atomic E-state index is 13.8. The first kappa shape index (κ1) is 23.3. The Kier molecular flexibility index (Phi) is 6.70. The van der Waals surface area contributed by atoms with Crippen LogP contribution in [0.3, 0.4) is 0 Å². The Hall–Kier alpha value is -3.42. The number of para-hydroxylation sites is 1. The van der Waals surface area contributed by atoms with Crippen molar-refractivity contribution in [3.8, 4) is 0 Å². The van der Waals surface area contributed by atoms with Gasteiger partial charge < -0.3 is 19.5 Å². The number of nitrogens with one attached hydrogen (secondary N) is 1. The van der Waals surface area contributed by atoms with Crippen molar-refractivity contribution in [1.29, 1.82) is 0 Å². The minimum atomic E-state index is -0.494. The van der Waals surface area contributed by atoms with E-state index in [4.69, 9.17) is 4.74 Å². The topological polar surface area (TPSA) is 63.6 Å². The first-order chi connectivity index (χ1) is 17.1. The number of methoxy groups -OCH3 is 1. The molecule has 180 valence electrons. The van der Waals surface area contributed by atoms with Gasteiger partial charge in [-0.25, -0.2) is 0 Å². The highest BCUT2D eigenvalue weighted by molar-refractivity contribution is 7.10. The van der Waals surface area contributed by atoms with Gasteiger partial charge in [-0.1, -0.05) is 42.5 Å². The number of thiophene rings is 1. The summed E-state index contributed by atoms with van der Waals surface area (Å²) in [4.78, 5) is 30.0. The quantitative estimate of drug-likeness (QED) is 0.397. The summed E-state index contributed by atoms with van der Waals surface area (Å²) < 4.78 is 7.42. The second-order valence-electron chi connectivity index (χ2n) is 8.84. The van der Waals surface area contributed by atoms with Crippen molar-refractivity contribution >= 4 is 34.1 Å². The fraction of sp³-hybridized carbons (Fsp3) is 0.286. The summed E-state index contributed by atoms with van der Waals surface area (Å²) in [5, 5.41) is 6.39. The SMILES string of the molecule is COCCN1C(=O)c2ccccc2C(C(=O)NCCc2cn(C)c3ccccc23)C1c1cccs1. The van der Waals surface area contributed by atoms with Crippen LogP contribution in [0.25, 0.3) is 10.9 Å². The number of rotatable bonds is 8. The Balaban J connectivity index is 1.43. The number of aryl methyl sites for hydroxylation is 1. The molecule has 1 aliphatic rings. The van der Waals surface area contributed by atoms with Gasteiger partial charge in [0.05, 0.1) is 18.6 Å². The van der Waals surface area contributed by atoms with E-state index in [9.17, 15) is 9.59 Å². The number of amides is 2. The molecule has 2 aromatic carbocycles. The Bertz CT molecular complexity index is 1340. The predicted molar refractivity (Wildman–Crippen MR) is 139 cm³/mol. The lowest BCUT2D eigenvalue weighted by Crippen LogP contribution is -2.48. The fourth-order valence-electron chi connectivity index (χ4n) is 5.14. The van der Waals surface area contributed by atoms with Gasteiger partial charge in [-0.2, -0.15) is 0 Å². The van der Waals surface area contributed by atoms with Crippen molar-refractivity contribution in [2.75, 3.05) is 26.8 Å². The highest BCUT2D eigenvalue weighted by atomic mass is 32.1. The number of aromatic nitrogens is 1. The normalized spacial score (nSPS) is 17.5. The molecular formula is C28H29N3O3S. The van der Waals surface area contributed by atoms with Gasteiger partial charge in [0.15, 0.2) is 0 Å². The number of carbonyl (C=O) groups is 2. The van der Waals surface area contributed by atoms with E-state index in [1.165, 1.54) is 16.5 Å². The summed E-state index contributed by atoms with van der Waals surface area (Å²) >= 11 is 1.57. The molecule has 1 N–H and O–H groups in total. The lowest BCUT2D eigenvalue weighted by atomic mass is 9.81. The van der Waals surface area contributed by atoms with Crippen LogP contribution in [0.1, 0.15) is 38.3 Å². The summed E-state index contributed by atoms with van der Waals surface area (Å²) in [5.41, 5.74) is 3.76. The van der Waals surface area contributed by atoms with Gasteiger partial charge in [0, 0.05) is 54.8 Å². The van der Waals surface area contributed by atoms with Crippen LogP contribution in [-0.4, -0.2) is 48.1 Å². The van der Waals surface area contributed by atoms with Crippen molar-refractivity contribution in [3.05, 3.63) is 93.8 Å². The second kappa shape index (κ2) is 10.1. The van der Waals surface area contributed by atoms with E-state index in [1.807, 2.05) is 61.0 Å². The minimum absolute atomic E-state index is 0.0594. The van der Waals surface area contributed by atoms with Gasteiger partial charge in [0.1, 0.15) is 0 Å². The van der Waals surface area contributed by atoms with Gasteiger partial charge in [0.25, 0.3) is 5.91 Å². The van der Waals surface area contributed by atoms with Crippen LogP contribution >= 0.6 is 11.3 Å². The van der Waals surface area contributed by atoms with Crippen LogP contribution in [0.2, 0.25) is 0 Å². The number of fused-ring (bicyclic) bond motifs is 2. The average molecular weight is 488 g/mol. The molecule has 6 nitrogen and oxygen atoms in total. The zero-order valence-electron chi connectivity index (χ0n) is 19.9. The molecule has 1 aliphatic heterocycles. The van der Waals surface area contributed by atoms with E-state index < -0.39 is 5.92 Å². The molecule has 0 spiro atoms. The Labute approximate surface area is 209 Å². The Morgan fingerprint density at radius 2 is 1.89 bits per heavy atom. The van der Waals surface area contributed by atoms with Crippen LogP contribution in [0.5, 0.6) is 0 Å². The molecule has 2 atom stereocenters. The maximum atomic E-state index is 13.8. The van der Waals surface area contributed by atoms with E-state index in [0.717, 1.165) is 16.9 Å². The Morgan fingerprint density at radius 1 is 1.09 bits per heavy atom. The van der Waals surface area contributed by atoms with Crippen LogP contribution in [0, 0.1) is 0 Å². The largest absolute Gasteiger partial charge is 0.383 e. The molecule has 7 heteroatoms. The van der Waals surface area contributed by atoms with E-state index in [2.05, 4.69) is 28.2 Å². The average Bonchev–Trinajstić information content (AvgIpc) is 3.52. The van der Waals surface area contributed by atoms with Gasteiger partial charge in [-0.3, -0.25) is 9.59 Å². The maximum Gasteiger partial charge on any atom is 0.254 e. The summed E-state index contributed by atoms with van der Waals surface area (Å²) in [6.45, 7) is 1.35. The van der Waals surface area contributed by atoms with Crippen LogP contribution in [0.15, 0.2) is 72.2 Å². The number of benzene rings is 2. The Morgan fingerprint density at radius 3 is 2.69 bits per heavy atom. The standard InChI is InChI=1S/C28H29N3O3S/c1-30-18-19(20-8-5-6-11-23(20)30)13-14-29-27(32)25-21-9-3-4-10-22(21)28(33)31(15-16-34-2)26(25)24-12-7-17-35-24/h3-12,17-18,25-26H,13-16H2,1-2H3,(H,29,32). The molecule has 0 radical (unpaired) electrons. The third kappa shape index (κ3) is 4.37. The number of ether oxygens (including phenoxy) is 1. The molecule has 0 saturated heterocycles. The van der Waals surface area contributed by atoms with Gasteiger partial charge >= 0.3 is 0 Å². The zero-order chi connectivity index (χ0) is 24.4. The van der Waals surface area contributed by atoms with E-state index in [-0.39, 0.29) is 17.9 Å². The fourth-order valence-corrected chi connectivity index (χ4v) is 6.02. The summed E-state index contributed by atoms with van der Waals surface area (Å²) in [7, 11) is 3.67. The molecule has 5 rings (SSSR count). The smallest absolute Gasteiger partial charge is 0.254 e. The number of hydrogen-bond acceptors (Lipinski definition) is 4. The van der Waals surface area contributed by atoms with Crippen molar-refractivity contribution < 1.29 is 14.3 Å². The van der Waals surface area contributed by atoms with Crippen LogP contribution in [-0.2, 0) is 23.0 Å². The number of nitrogens with zero attached hydrogens (tertiary/aromatic N) is 2. The molecule has 4 aromatic rings. The lowest BCUT2D eigenvalue weighted by Gasteiger charge is -2.41. The van der Waals surface area contributed by atoms with Crippen molar-refractivity contribution in [2.24, 2.45) is 7.05 Å². The predicted octanol–water partition coefficient (Wildman–Crippen LogP) is 4.53. The first-order valence-corrected chi connectivity index (χ1v) is 12.7. The van der Waals surface area contributed by atoms with E-state index >= 15 is 0 Å². The molecular weight excluding hydrogens is 458 g/mol. The van der Waals surface area contributed by atoms with E-state index in [1.54, 1.807) is 23.3 Å². The molecule has 35 heavy (non-hydrogen) atoms. The highest BCUT2D eigenvalue weighted by Gasteiger charge is 2.44. The van der Waals surface area contributed by atoms with Gasteiger partial charge in [0.2, 0.25) is 5.91 Å². The summed E-state index contributed by atoms with van der Waals surface area (Å²) in [6, 6.07) is 19.4. The molecule has 0 fully saturated rings. The summed E-state index contributed by atoms with van der Waals surface area (Å²) in [6.07, 6.45) is 2.86. The lowest BCUT2D eigenvalue weighted by molar-refractivity contribution is -0.124. The second-order valence-corrected chi connectivity index (χ2v) is 9.82. The van der Waals surface area contributed by atoms with Crippen LogP contribution < -0.4 is 5.32 Å². The molecule has 3 heterocycles. The van der Waals surface area contributed by atoms with Crippen molar-refractivity contribution in [1.82, 2.24) is 14.8 Å². The number of hydrogen-bond donors (Lipinski definition) is 1. The monoisotopic (exact) mass is 487 g/mol. The molecule has 0 saturated carbocycles. The molecule has 2 amide bonds. The zero-order valence-corrected chi connectivity index (χ0v) is 20.8. The minimum Gasteiger partial charge on any atom is -0.383 e. The third-order valence-corrected chi connectivity index (χ3v) is 7.71. The van der Waals surface area contributed by atoms with E-state index in [0.29, 0.717) is 25.3 Å². The molecule has 0 bridgehead atoms. The van der Waals surface area contributed by atoms with Gasteiger partial charge in [-0.05, 0) is 41.1 Å². The van der Waals surface area contributed by atoms with Crippen LogP contribution in [0.4, 0.5) is 0 Å². The highest BCUT2D eigenvalue weighted by Crippen LogP contribution is 2.44. The molecule has 0 aliphatic carbocycles. The molecule has 2 aromatic heterocycles. The van der Waals surface area contributed by atoms with Crippen molar-refractivity contribution in [2.45, 2.75) is 18.4 Å². The first-order valence-electron chi connectivity index (χ1n) is 11.8. The number of carbonyl (C=O) groups excluding carboxylic acids is 2. The van der Waals surface area contributed by atoms with Gasteiger partial charge in [-0.15, -0.1) is 11.3 Å². The molecule has 2 unspecified atom stereocenters.